The van der Waals surface area contributed by atoms with E-state index in [1.165, 1.54) is 0 Å². The average molecular weight is 274 g/mol. The zero-order chi connectivity index (χ0) is 12.1. The first-order valence-electron chi connectivity index (χ1n) is 4.98. The van der Waals surface area contributed by atoms with Crippen LogP contribution in [0.5, 0.6) is 11.5 Å². The summed E-state index contributed by atoms with van der Waals surface area (Å²) in [5.41, 5.74) is 0. The van der Waals surface area contributed by atoms with Crippen LogP contribution in [-0.4, -0.2) is 4.89 Å². The normalized spacial score (nSPS) is 10.3. The summed E-state index contributed by atoms with van der Waals surface area (Å²) in [6.45, 7) is 0. The fraction of sp³-hybridized carbons (Fsp3) is 0. The Bertz CT molecular complexity index is 478. The minimum Gasteiger partial charge on any atom is -1.00 e. The Labute approximate surface area is 129 Å². The van der Waals surface area contributed by atoms with Gasteiger partial charge < -0.3 is 10.5 Å². The molecule has 0 bridgehead atoms. The summed E-state index contributed by atoms with van der Waals surface area (Å²) < 4.78 is 21.5. The standard InChI is InChI=1S/C12H11O4P.Na.H/c13-17(14,15-11-7-3-1-4-8-11)16-12-9-5-2-6-10-12;;/h1-10H,(H,13,14);;/q;+1;-1. The quantitative estimate of drug-likeness (QED) is 0.646. The smallest absolute Gasteiger partial charge is 1.00 e. The predicted molar refractivity (Wildman–Crippen MR) is 65.1 cm³/mol. The van der Waals surface area contributed by atoms with E-state index in [-0.39, 0.29) is 42.5 Å². The van der Waals surface area contributed by atoms with E-state index in [2.05, 4.69) is 0 Å². The summed E-state index contributed by atoms with van der Waals surface area (Å²) in [7, 11) is -4.14. The van der Waals surface area contributed by atoms with Gasteiger partial charge in [0, 0.05) is 0 Å². The summed E-state index contributed by atoms with van der Waals surface area (Å²) >= 11 is 0. The van der Waals surface area contributed by atoms with Crippen molar-refractivity contribution in [3.8, 4) is 11.5 Å². The van der Waals surface area contributed by atoms with Gasteiger partial charge in [0.25, 0.3) is 0 Å². The molecule has 2 aromatic carbocycles. The molecule has 90 valence electrons. The van der Waals surface area contributed by atoms with Crippen molar-refractivity contribution in [1.29, 1.82) is 0 Å². The first-order valence-corrected chi connectivity index (χ1v) is 6.47. The van der Waals surface area contributed by atoms with Gasteiger partial charge in [-0.25, -0.2) is 4.57 Å². The molecule has 0 aliphatic carbocycles. The Morgan fingerprint density at radius 1 is 0.833 bits per heavy atom. The largest absolute Gasteiger partial charge is 1.00 e. The molecule has 0 fully saturated rings. The molecule has 1 N–H and O–H groups in total. The van der Waals surface area contributed by atoms with Gasteiger partial charge in [-0.3, -0.25) is 4.89 Å². The molecule has 0 heterocycles. The van der Waals surface area contributed by atoms with E-state index in [1.54, 1.807) is 60.7 Å². The van der Waals surface area contributed by atoms with Crippen LogP contribution in [0.25, 0.3) is 0 Å². The molecule has 0 aliphatic heterocycles. The van der Waals surface area contributed by atoms with Gasteiger partial charge in [0.1, 0.15) is 11.5 Å². The molecule has 0 spiro atoms. The monoisotopic (exact) mass is 274 g/mol. The molecule has 0 unspecified atom stereocenters. The van der Waals surface area contributed by atoms with E-state index in [0.717, 1.165) is 0 Å². The second kappa shape index (κ2) is 6.98. The fourth-order valence-corrected chi connectivity index (χ4v) is 2.06. The van der Waals surface area contributed by atoms with Crippen molar-refractivity contribution >= 4 is 7.82 Å². The summed E-state index contributed by atoms with van der Waals surface area (Å²) in [6.07, 6.45) is 0. The summed E-state index contributed by atoms with van der Waals surface area (Å²) in [4.78, 5) is 9.53. The van der Waals surface area contributed by atoms with Crippen molar-refractivity contribution in [2.75, 3.05) is 0 Å². The first kappa shape index (κ1) is 15.3. The Balaban J connectivity index is 0.00000162. The molecule has 0 aromatic heterocycles. The number of hydrogen-bond donors (Lipinski definition) is 1. The van der Waals surface area contributed by atoms with Crippen LogP contribution in [-0.2, 0) is 4.57 Å². The first-order chi connectivity index (χ1) is 8.16. The van der Waals surface area contributed by atoms with E-state index in [9.17, 15) is 9.46 Å². The maximum Gasteiger partial charge on any atom is 1.00 e. The van der Waals surface area contributed by atoms with Gasteiger partial charge >= 0.3 is 37.4 Å². The molecule has 0 atom stereocenters. The van der Waals surface area contributed by atoms with E-state index in [1.807, 2.05) is 0 Å². The third-order valence-electron chi connectivity index (χ3n) is 1.93. The summed E-state index contributed by atoms with van der Waals surface area (Å²) in [5.74, 6) is 0.573. The molecule has 0 saturated heterocycles. The zero-order valence-electron chi connectivity index (χ0n) is 10.9. The van der Waals surface area contributed by atoms with Crippen molar-refractivity contribution < 1.29 is 49.5 Å². The maximum atomic E-state index is 11.7. The van der Waals surface area contributed by atoms with Gasteiger partial charge in [0.05, 0.1) is 0 Å². The minimum absolute atomic E-state index is 0. The van der Waals surface area contributed by atoms with Crippen LogP contribution < -0.4 is 38.6 Å². The molecule has 4 nitrogen and oxygen atoms in total. The Morgan fingerprint density at radius 2 is 1.17 bits per heavy atom. The second-order valence-corrected chi connectivity index (χ2v) is 4.58. The molecule has 0 saturated carbocycles. The maximum absolute atomic E-state index is 11.7. The van der Waals surface area contributed by atoms with Crippen LogP contribution in [0.15, 0.2) is 60.7 Å². The second-order valence-electron chi connectivity index (χ2n) is 3.28. The van der Waals surface area contributed by atoms with Crippen LogP contribution in [0.3, 0.4) is 0 Å². The predicted octanol–water partition coefficient (Wildman–Crippen LogP) is 0.361. The van der Waals surface area contributed by atoms with Crippen molar-refractivity contribution in [3.63, 3.8) is 0 Å². The molecule has 6 heteroatoms. The summed E-state index contributed by atoms with van der Waals surface area (Å²) in [5, 5.41) is 0. The Kier molecular flexibility index (Phi) is 5.93. The van der Waals surface area contributed by atoms with E-state index < -0.39 is 7.82 Å². The minimum atomic E-state index is -4.14. The molecular formula is C12H12NaO4P. The fourth-order valence-electron chi connectivity index (χ4n) is 1.25. The van der Waals surface area contributed by atoms with Crippen LogP contribution in [0.4, 0.5) is 0 Å². The van der Waals surface area contributed by atoms with Crippen LogP contribution in [0.1, 0.15) is 1.43 Å². The van der Waals surface area contributed by atoms with Crippen LogP contribution in [0, 0.1) is 0 Å². The molecule has 2 aromatic rings. The summed E-state index contributed by atoms with van der Waals surface area (Å²) in [6, 6.07) is 16.7. The van der Waals surface area contributed by atoms with Crippen LogP contribution >= 0.6 is 7.82 Å². The number of benzene rings is 2. The Morgan fingerprint density at radius 3 is 1.50 bits per heavy atom. The third kappa shape index (κ3) is 4.84. The molecule has 0 aliphatic rings. The molecule has 2 rings (SSSR count). The van der Waals surface area contributed by atoms with Crippen molar-refractivity contribution in [2.24, 2.45) is 0 Å². The van der Waals surface area contributed by atoms with Crippen molar-refractivity contribution in [1.82, 2.24) is 0 Å². The number of phosphoric ester groups is 1. The molecule has 0 radical (unpaired) electrons. The third-order valence-corrected chi connectivity index (χ3v) is 2.81. The van der Waals surface area contributed by atoms with Crippen LogP contribution in [0.2, 0.25) is 0 Å². The molecule has 0 amide bonds. The number of para-hydroxylation sites is 2. The molecule has 18 heavy (non-hydrogen) atoms. The number of phosphoric acid groups is 1. The van der Waals surface area contributed by atoms with Gasteiger partial charge in [-0.15, -0.1) is 0 Å². The van der Waals surface area contributed by atoms with E-state index >= 15 is 0 Å². The SMILES string of the molecule is O=P(O)(Oc1ccccc1)Oc1ccccc1.[H-].[Na+]. The van der Waals surface area contributed by atoms with Crippen molar-refractivity contribution in [3.05, 3.63) is 60.7 Å². The van der Waals surface area contributed by atoms with E-state index in [0.29, 0.717) is 0 Å². The Hall–Kier alpha value is -0.770. The zero-order valence-corrected chi connectivity index (χ0v) is 12.8. The van der Waals surface area contributed by atoms with Gasteiger partial charge in [0.2, 0.25) is 0 Å². The van der Waals surface area contributed by atoms with Gasteiger partial charge in [-0.2, -0.15) is 0 Å². The van der Waals surface area contributed by atoms with Gasteiger partial charge in [-0.05, 0) is 24.3 Å². The average Bonchev–Trinajstić information content (AvgIpc) is 2.30. The topological polar surface area (TPSA) is 55.8 Å². The number of rotatable bonds is 4. The van der Waals surface area contributed by atoms with Gasteiger partial charge in [-0.1, -0.05) is 36.4 Å². The van der Waals surface area contributed by atoms with E-state index in [4.69, 9.17) is 9.05 Å². The van der Waals surface area contributed by atoms with Gasteiger partial charge in [0.15, 0.2) is 0 Å². The molecular weight excluding hydrogens is 262 g/mol. The van der Waals surface area contributed by atoms with Crippen molar-refractivity contribution in [2.45, 2.75) is 0 Å². The number of hydrogen-bond acceptors (Lipinski definition) is 3.